The van der Waals surface area contributed by atoms with Crippen molar-refractivity contribution in [1.29, 1.82) is 0 Å². The second-order valence-electron chi connectivity index (χ2n) is 3.81. The first kappa shape index (κ1) is 10.6. The molecule has 0 unspecified atom stereocenters. The molecule has 1 aromatic rings. The van der Waals surface area contributed by atoms with Crippen LogP contribution in [0.1, 0.15) is 18.4 Å². The van der Waals surface area contributed by atoms with E-state index in [-0.39, 0.29) is 16.8 Å². The fourth-order valence-corrected chi connectivity index (χ4v) is 2.66. The van der Waals surface area contributed by atoms with E-state index < -0.39 is 10.0 Å². The van der Waals surface area contributed by atoms with Gasteiger partial charge in [0.15, 0.2) is 0 Å². The van der Waals surface area contributed by atoms with E-state index in [2.05, 4.69) is 4.72 Å². The first-order valence-corrected chi connectivity index (χ1v) is 6.26. The molecule has 1 saturated carbocycles. The first-order valence-electron chi connectivity index (χ1n) is 4.77. The molecule has 1 aliphatic carbocycles. The Morgan fingerprint density at radius 1 is 1.40 bits per heavy atom. The van der Waals surface area contributed by atoms with Crippen LogP contribution < -0.4 is 4.72 Å². The fraction of sp³-hybridized carbons (Fsp3) is 0.400. The zero-order valence-electron chi connectivity index (χ0n) is 8.33. The Balaban J connectivity index is 2.31. The highest BCUT2D eigenvalue weighted by Crippen LogP contribution is 2.22. The van der Waals surface area contributed by atoms with Crippen LogP contribution in [0.5, 0.6) is 0 Å². The molecule has 0 bridgehead atoms. The van der Waals surface area contributed by atoms with E-state index in [1.165, 1.54) is 18.2 Å². The maximum atomic E-state index is 12.9. The summed E-state index contributed by atoms with van der Waals surface area (Å²) in [6, 6.07) is 3.88. The van der Waals surface area contributed by atoms with Gasteiger partial charge in [0.2, 0.25) is 10.0 Å². The van der Waals surface area contributed by atoms with Gasteiger partial charge in [-0.15, -0.1) is 0 Å². The maximum absolute atomic E-state index is 12.9. The third kappa shape index (κ3) is 2.35. The van der Waals surface area contributed by atoms with E-state index in [9.17, 15) is 12.8 Å². The van der Waals surface area contributed by atoms with E-state index in [1.807, 2.05) is 0 Å². The first-order chi connectivity index (χ1) is 6.99. The van der Waals surface area contributed by atoms with Crippen molar-refractivity contribution >= 4 is 10.0 Å². The van der Waals surface area contributed by atoms with Crippen LogP contribution in [-0.2, 0) is 10.0 Å². The van der Waals surface area contributed by atoms with Crippen LogP contribution >= 0.6 is 0 Å². The molecule has 0 spiro atoms. The number of benzene rings is 1. The SMILES string of the molecule is Cc1cc(S(=O)(=O)NC2CC2)ccc1F. The summed E-state index contributed by atoms with van der Waals surface area (Å²) in [5, 5.41) is 0. The van der Waals surface area contributed by atoms with E-state index in [1.54, 1.807) is 6.92 Å². The van der Waals surface area contributed by atoms with Crippen LogP contribution in [0, 0.1) is 12.7 Å². The van der Waals surface area contributed by atoms with Gasteiger partial charge in [0.1, 0.15) is 5.82 Å². The van der Waals surface area contributed by atoms with Crippen molar-refractivity contribution in [3.63, 3.8) is 0 Å². The molecule has 0 heterocycles. The molecule has 0 atom stereocenters. The summed E-state index contributed by atoms with van der Waals surface area (Å²) in [5.74, 6) is -0.389. The zero-order valence-corrected chi connectivity index (χ0v) is 9.14. The third-order valence-corrected chi connectivity index (χ3v) is 3.86. The molecule has 1 N–H and O–H groups in total. The standard InChI is InChI=1S/C10H12FNO2S/c1-7-6-9(4-5-10(7)11)15(13,14)12-8-2-3-8/h4-6,8,12H,2-3H2,1H3. The van der Waals surface area contributed by atoms with Gasteiger partial charge in [0.05, 0.1) is 4.90 Å². The van der Waals surface area contributed by atoms with Crippen molar-refractivity contribution in [1.82, 2.24) is 4.72 Å². The summed E-state index contributed by atoms with van der Waals surface area (Å²) in [6.07, 6.45) is 1.78. The van der Waals surface area contributed by atoms with Crippen molar-refractivity contribution in [2.75, 3.05) is 0 Å². The lowest BCUT2D eigenvalue weighted by atomic mass is 10.2. The summed E-state index contributed by atoms with van der Waals surface area (Å²) in [7, 11) is -3.45. The average molecular weight is 229 g/mol. The van der Waals surface area contributed by atoms with Crippen molar-refractivity contribution in [2.45, 2.75) is 30.7 Å². The molecule has 15 heavy (non-hydrogen) atoms. The highest BCUT2D eigenvalue weighted by Gasteiger charge is 2.28. The number of nitrogens with one attached hydrogen (secondary N) is 1. The number of hydrogen-bond donors (Lipinski definition) is 1. The predicted octanol–water partition coefficient (Wildman–Crippen LogP) is 1.57. The van der Waals surface area contributed by atoms with Gasteiger partial charge in [-0.1, -0.05) is 0 Å². The number of sulfonamides is 1. The lowest BCUT2D eigenvalue weighted by Gasteiger charge is -2.06. The smallest absolute Gasteiger partial charge is 0.208 e. The van der Waals surface area contributed by atoms with Crippen LogP contribution in [0.4, 0.5) is 4.39 Å². The molecule has 1 fully saturated rings. The van der Waals surface area contributed by atoms with E-state index in [0.717, 1.165) is 12.8 Å². The summed E-state index contributed by atoms with van der Waals surface area (Å²) in [5.41, 5.74) is 0.341. The van der Waals surface area contributed by atoms with Gasteiger partial charge in [-0.25, -0.2) is 17.5 Å². The van der Waals surface area contributed by atoms with Gasteiger partial charge in [-0.3, -0.25) is 0 Å². The van der Waals surface area contributed by atoms with Crippen molar-refractivity contribution in [3.8, 4) is 0 Å². The average Bonchev–Trinajstić information content (AvgIpc) is 2.92. The van der Waals surface area contributed by atoms with Crippen LogP contribution in [0.15, 0.2) is 23.1 Å². The lowest BCUT2D eigenvalue weighted by Crippen LogP contribution is -2.25. The molecule has 0 aliphatic heterocycles. The van der Waals surface area contributed by atoms with Crippen molar-refractivity contribution in [3.05, 3.63) is 29.6 Å². The minimum absolute atomic E-state index is 0.0698. The summed E-state index contributed by atoms with van der Waals surface area (Å²) >= 11 is 0. The highest BCUT2D eigenvalue weighted by molar-refractivity contribution is 7.89. The molecule has 0 aromatic heterocycles. The van der Waals surface area contributed by atoms with Crippen LogP contribution in [0.2, 0.25) is 0 Å². The molecule has 2 rings (SSSR count). The topological polar surface area (TPSA) is 46.2 Å². The Labute approximate surface area is 88.4 Å². The molecular weight excluding hydrogens is 217 g/mol. The predicted molar refractivity (Wildman–Crippen MR) is 54.5 cm³/mol. The zero-order chi connectivity index (χ0) is 11.1. The second kappa shape index (κ2) is 3.57. The Morgan fingerprint density at radius 2 is 2.07 bits per heavy atom. The monoisotopic (exact) mass is 229 g/mol. The van der Waals surface area contributed by atoms with E-state index in [0.29, 0.717) is 5.56 Å². The lowest BCUT2D eigenvalue weighted by molar-refractivity contribution is 0.579. The molecule has 5 heteroatoms. The number of aryl methyl sites for hydroxylation is 1. The summed E-state index contributed by atoms with van der Waals surface area (Å²) < 4.78 is 38.9. The fourth-order valence-electron chi connectivity index (χ4n) is 1.27. The molecule has 0 saturated heterocycles. The number of hydrogen-bond acceptors (Lipinski definition) is 2. The molecule has 1 aromatic carbocycles. The van der Waals surface area contributed by atoms with Crippen molar-refractivity contribution < 1.29 is 12.8 Å². The van der Waals surface area contributed by atoms with Gasteiger partial charge >= 0.3 is 0 Å². The Bertz CT molecular complexity index is 480. The van der Waals surface area contributed by atoms with Crippen LogP contribution in [0.25, 0.3) is 0 Å². The number of rotatable bonds is 3. The highest BCUT2D eigenvalue weighted by atomic mass is 32.2. The Morgan fingerprint density at radius 3 is 2.60 bits per heavy atom. The third-order valence-electron chi connectivity index (χ3n) is 2.34. The van der Waals surface area contributed by atoms with Gasteiger partial charge in [-0.2, -0.15) is 0 Å². The molecule has 0 amide bonds. The van der Waals surface area contributed by atoms with Crippen molar-refractivity contribution in [2.24, 2.45) is 0 Å². The van der Waals surface area contributed by atoms with Gasteiger partial charge in [0.25, 0.3) is 0 Å². The van der Waals surface area contributed by atoms with E-state index >= 15 is 0 Å². The largest absolute Gasteiger partial charge is 0.240 e. The molecule has 1 aliphatic rings. The molecule has 82 valence electrons. The summed E-state index contributed by atoms with van der Waals surface area (Å²) in [6.45, 7) is 1.55. The number of halogens is 1. The molecule has 0 radical (unpaired) electrons. The van der Waals surface area contributed by atoms with Gasteiger partial charge < -0.3 is 0 Å². The van der Waals surface area contributed by atoms with Crippen LogP contribution in [-0.4, -0.2) is 14.5 Å². The Kier molecular flexibility index (Phi) is 2.52. The quantitative estimate of drug-likeness (QED) is 0.855. The Hall–Kier alpha value is -0.940. The normalized spacial score (nSPS) is 16.7. The minimum Gasteiger partial charge on any atom is -0.208 e. The summed E-state index contributed by atoms with van der Waals surface area (Å²) in [4.78, 5) is 0.133. The van der Waals surface area contributed by atoms with Gasteiger partial charge in [-0.05, 0) is 43.5 Å². The minimum atomic E-state index is -3.45. The van der Waals surface area contributed by atoms with Crippen LogP contribution in [0.3, 0.4) is 0 Å². The molecule has 3 nitrogen and oxygen atoms in total. The maximum Gasteiger partial charge on any atom is 0.240 e. The second-order valence-corrected chi connectivity index (χ2v) is 5.52. The van der Waals surface area contributed by atoms with E-state index in [4.69, 9.17) is 0 Å². The molecular formula is C10H12FNO2S. The van der Waals surface area contributed by atoms with Gasteiger partial charge in [0, 0.05) is 6.04 Å².